The van der Waals surface area contributed by atoms with E-state index in [4.69, 9.17) is 16.3 Å². The van der Waals surface area contributed by atoms with Gasteiger partial charge in [0.1, 0.15) is 0 Å². The van der Waals surface area contributed by atoms with Gasteiger partial charge in [0, 0.05) is 5.02 Å². The summed E-state index contributed by atoms with van der Waals surface area (Å²) in [6.07, 6.45) is 2.12. The lowest BCUT2D eigenvalue weighted by Gasteiger charge is -2.06. The zero-order valence-corrected chi connectivity index (χ0v) is 16.7. The highest BCUT2D eigenvalue weighted by atomic mass is 35.5. The molecule has 1 aliphatic rings. The van der Waals surface area contributed by atoms with Crippen LogP contribution in [0.1, 0.15) is 28.4 Å². The molecule has 2 aromatic rings. The van der Waals surface area contributed by atoms with E-state index >= 15 is 0 Å². The van der Waals surface area contributed by atoms with E-state index in [9.17, 15) is 9.59 Å². The van der Waals surface area contributed by atoms with Crippen LogP contribution in [0, 0.1) is 0 Å². The van der Waals surface area contributed by atoms with Crippen LogP contribution in [-0.2, 0) is 16.0 Å². The molecule has 0 radical (unpaired) electrons. The summed E-state index contributed by atoms with van der Waals surface area (Å²) >= 11 is 7.17. The second kappa shape index (κ2) is 9.52. The third kappa shape index (κ3) is 5.43. The number of rotatable bonds is 6. The van der Waals surface area contributed by atoms with E-state index in [0.29, 0.717) is 28.8 Å². The first-order valence-electron chi connectivity index (χ1n) is 8.65. The Hall–Kier alpha value is -2.64. The zero-order valence-electron chi connectivity index (χ0n) is 15.1. The summed E-state index contributed by atoms with van der Waals surface area (Å²) < 4.78 is 4.96. The molecule has 0 bridgehead atoms. The fourth-order valence-electron chi connectivity index (χ4n) is 2.49. The maximum absolute atomic E-state index is 12.2. The third-order valence-corrected chi connectivity index (χ3v) is 5.21. The van der Waals surface area contributed by atoms with Crippen LogP contribution in [0.5, 0.6) is 0 Å². The average molecular weight is 416 g/mol. The highest BCUT2D eigenvalue weighted by Gasteiger charge is 2.30. The monoisotopic (exact) mass is 415 g/mol. The van der Waals surface area contributed by atoms with E-state index in [0.717, 1.165) is 11.1 Å². The fourth-order valence-corrected chi connectivity index (χ4v) is 3.58. The van der Waals surface area contributed by atoms with Crippen molar-refractivity contribution in [3.8, 4) is 0 Å². The predicted octanol–water partition coefficient (Wildman–Crippen LogP) is 3.68. The summed E-state index contributed by atoms with van der Waals surface area (Å²) in [5.41, 5.74) is 2.31. The van der Waals surface area contributed by atoms with Gasteiger partial charge in [-0.25, -0.2) is 4.79 Å². The molecule has 1 N–H and O–H groups in total. The summed E-state index contributed by atoms with van der Waals surface area (Å²) in [5.74, 6) is -0.463. The Bertz CT molecular complexity index is 911. The number of benzene rings is 2. The largest absolute Gasteiger partial charge is 0.462 e. The number of esters is 1. The molecule has 8 heteroatoms. The summed E-state index contributed by atoms with van der Waals surface area (Å²) in [4.78, 5) is 23.9. The van der Waals surface area contributed by atoms with E-state index < -0.39 is 0 Å². The van der Waals surface area contributed by atoms with Crippen molar-refractivity contribution in [1.82, 2.24) is 5.32 Å². The molecule has 2 aromatic carbocycles. The molecule has 1 heterocycles. The Balaban J connectivity index is 1.58. The number of amides is 1. The van der Waals surface area contributed by atoms with Crippen LogP contribution in [0.4, 0.5) is 0 Å². The van der Waals surface area contributed by atoms with Crippen LogP contribution in [0.2, 0.25) is 5.02 Å². The normalized spacial score (nSPS) is 17.9. The Labute approximate surface area is 172 Å². The maximum Gasteiger partial charge on any atom is 0.338 e. The number of thioether (sulfide) groups is 1. The van der Waals surface area contributed by atoms with E-state index in [-0.39, 0.29) is 17.1 Å². The fraction of sp³-hybridized carbons (Fsp3) is 0.200. The van der Waals surface area contributed by atoms with Crippen molar-refractivity contribution in [2.24, 2.45) is 10.2 Å². The van der Waals surface area contributed by atoms with Crippen molar-refractivity contribution in [3.63, 3.8) is 0 Å². The smallest absolute Gasteiger partial charge is 0.338 e. The van der Waals surface area contributed by atoms with Crippen LogP contribution in [0.15, 0.2) is 58.7 Å². The molecule has 0 unspecified atom stereocenters. The molecule has 1 saturated heterocycles. The summed E-state index contributed by atoms with van der Waals surface area (Å²) in [7, 11) is 0. The first-order valence-corrected chi connectivity index (χ1v) is 9.91. The van der Waals surface area contributed by atoms with E-state index in [2.05, 4.69) is 15.5 Å². The lowest BCUT2D eigenvalue weighted by molar-refractivity contribution is -0.118. The molecule has 28 heavy (non-hydrogen) atoms. The SMILES string of the molecule is CCOC(=O)c1ccc(C[C@H]2S/C(=N/N=Cc3ccc(Cl)cc3)NC2=O)cc1. The molecule has 0 saturated carbocycles. The van der Waals surface area contributed by atoms with Gasteiger partial charge in [0.15, 0.2) is 5.17 Å². The number of nitrogens with one attached hydrogen (secondary N) is 1. The molecule has 144 valence electrons. The number of hydrogen-bond acceptors (Lipinski definition) is 6. The summed E-state index contributed by atoms with van der Waals surface area (Å²) in [5, 5.41) is 11.6. The minimum absolute atomic E-state index is 0.111. The second-order valence-corrected chi connectivity index (χ2v) is 7.55. The highest BCUT2D eigenvalue weighted by molar-refractivity contribution is 8.15. The van der Waals surface area contributed by atoms with Gasteiger partial charge in [-0.15, -0.1) is 5.10 Å². The van der Waals surface area contributed by atoms with Crippen LogP contribution in [-0.4, -0.2) is 35.1 Å². The van der Waals surface area contributed by atoms with Gasteiger partial charge in [0.25, 0.3) is 0 Å². The standard InChI is InChI=1S/C20H18ClN3O3S/c1-2-27-19(26)15-7-3-13(4-8-15)11-17-18(25)23-20(28-17)24-22-12-14-5-9-16(21)10-6-14/h3-10,12,17H,2,11H2,1H3,(H,23,24,25)/t17-/m1/s1. The molecule has 0 spiro atoms. The van der Waals surface area contributed by atoms with Gasteiger partial charge in [0.05, 0.1) is 23.6 Å². The number of hydrogen-bond donors (Lipinski definition) is 1. The van der Waals surface area contributed by atoms with Crippen molar-refractivity contribution < 1.29 is 14.3 Å². The lowest BCUT2D eigenvalue weighted by Crippen LogP contribution is -2.25. The molecular formula is C20H18ClN3O3S. The van der Waals surface area contributed by atoms with Gasteiger partial charge >= 0.3 is 5.97 Å². The molecule has 1 amide bonds. The molecule has 3 rings (SSSR count). The first kappa shape index (κ1) is 20.1. The van der Waals surface area contributed by atoms with E-state index in [1.165, 1.54) is 11.8 Å². The Morgan fingerprint density at radius 3 is 2.61 bits per heavy atom. The van der Waals surface area contributed by atoms with Gasteiger partial charge < -0.3 is 10.1 Å². The van der Waals surface area contributed by atoms with Gasteiger partial charge in [0.2, 0.25) is 5.91 Å². The van der Waals surface area contributed by atoms with Crippen molar-refractivity contribution >= 4 is 46.6 Å². The lowest BCUT2D eigenvalue weighted by atomic mass is 10.1. The molecule has 1 aliphatic heterocycles. The Morgan fingerprint density at radius 2 is 1.93 bits per heavy atom. The molecule has 0 aliphatic carbocycles. The number of ether oxygens (including phenoxy) is 1. The Morgan fingerprint density at radius 1 is 1.21 bits per heavy atom. The Kier molecular flexibility index (Phi) is 6.84. The minimum atomic E-state index is -0.352. The van der Waals surface area contributed by atoms with Crippen molar-refractivity contribution in [2.75, 3.05) is 6.61 Å². The van der Waals surface area contributed by atoms with Gasteiger partial charge in [-0.3, -0.25) is 4.79 Å². The zero-order chi connectivity index (χ0) is 19.9. The maximum atomic E-state index is 12.2. The number of halogens is 1. The number of nitrogens with zero attached hydrogens (tertiary/aromatic N) is 2. The first-order chi connectivity index (χ1) is 13.5. The number of carbonyl (C=O) groups is 2. The topological polar surface area (TPSA) is 80.1 Å². The van der Waals surface area contributed by atoms with Crippen LogP contribution < -0.4 is 5.32 Å². The molecule has 6 nitrogen and oxygen atoms in total. The van der Waals surface area contributed by atoms with Crippen molar-refractivity contribution in [2.45, 2.75) is 18.6 Å². The van der Waals surface area contributed by atoms with Crippen molar-refractivity contribution in [3.05, 3.63) is 70.2 Å². The molecular weight excluding hydrogens is 398 g/mol. The average Bonchev–Trinajstić information content (AvgIpc) is 3.03. The van der Waals surface area contributed by atoms with Crippen LogP contribution in [0.3, 0.4) is 0 Å². The van der Waals surface area contributed by atoms with Crippen LogP contribution in [0.25, 0.3) is 0 Å². The molecule has 1 fully saturated rings. The van der Waals surface area contributed by atoms with Gasteiger partial charge in [-0.2, -0.15) is 5.10 Å². The minimum Gasteiger partial charge on any atom is -0.462 e. The molecule has 1 atom stereocenters. The van der Waals surface area contributed by atoms with Gasteiger partial charge in [-0.05, 0) is 48.7 Å². The van der Waals surface area contributed by atoms with Crippen molar-refractivity contribution in [1.29, 1.82) is 0 Å². The molecule has 0 aromatic heterocycles. The summed E-state index contributed by atoms with van der Waals surface area (Å²) in [6, 6.07) is 14.3. The third-order valence-electron chi connectivity index (χ3n) is 3.89. The van der Waals surface area contributed by atoms with E-state index in [1.807, 2.05) is 24.3 Å². The highest BCUT2D eigenvalue weighted by Crippen LogP contribution is 2.23. The predicted molar refractivity (Wildman–Crippen MR) is 112 cm³/mol. The quantitative estimate of drug-likeness (QED) is 0.443. The van der Waals surface area contributed by atoms with Crippen LogP contribution >= 0.6 is 23.4 Å². The second-order valence-electron chi connectivity index (χ2n) is 5.92. The summed E-state index contributed by atoms with van der Waals surface area (Å²) in [6.45, 7) is 2.10. The van der Waals surface area contributed by atoms with E-state index in [1.54, 1.807) is 37.4 Å². The number of amidine groups is 1. The number of carbonyl (C=O) groups excluding carboxylic acids is 2. The van der Waals surface area contributed by atoms with Gasteiger partial charge in [-0.1, -0.05) is 47.6 Å².